The summed E-state index contributed by atoms with van der Waals surface area (Å²) in [5.41, 5.74) is 8.52. The van der Waals surface area contributed by atoms with Gasteiger partial charge in [0, 0.05) is 11.3 Å². The van der Waals surface area contributed by atoms with Crippen LogP contribution < -0.4 is 5.73 Å². The third-order valence-corrected chi connectivity index (χ3v) is 2.46. The van der Waals surface area contributed by atoms with Crippen LogP contribution in [-0.4, -0.2) is 18.0 Å². The van der Waals surface area contributed by atoms with E-state index in [-0.39, 0.29) is 5.54 Å². The lowest BCUT2D eigenvalue weighted by Crippen LogP contribution is -2.17. The van der Waals surface area contributed by atoms with Gasteiger partial charge in [0.05, 0.1) is 5.54 Å². The average Bonchev–Trinajstić information content (AvgIpc) is 2.50. The second-order valence-corrected chi connectivity index (χ2v) is 4.59. The van der Waals surface area contributed by atoms with Crippen molar-refractivity contribution in [1.82, 2.24) is 0 Å². The molecule has 2 rings (SSSR count). The van der Waals surface area contributed by atoms with Gasteiger partial charge in [-0.1, -0.05) is 6.07 Å². The molecule has 2 N–H and O–H groups in total. The quantitative estimate of drug-likeness (QED) is 0.712. The molecular weight excluding hydrogens is 188 g/mol. The largest absolute Gasteiger partial charge is 0.475 e. The van der Waals surface area contributed by atoms with Gasteiger partial charge in [-0.05, 0) is 38.5 Å². The fourth-order valence-corrected chi connectivity index (χ4v) is 1.59. The van der Waals surface area contributed by atoms with Crippen molar-refractivity contribution < 1.29 is 4.74 Å². The predicted octanol–water partition coefficient (Wildman–Crippen LogP) is 2.13. The molecule has 1 aliphatic rings. The zero-order valence-electron chi connectivity index (χ0n) is 9.37. The Morgan fingerprint density at radius 1 is 1.40 bits per heavy atom. The van der Waals surface area contributed by atoms with Crippen LogP contribution in [0.25, 0.3) is 0 Å². The molecule has 0 spiro atoms. The van der Waals surface area contributed by atoms with Gasteiger partial charge >= 0.3 is 0 Å². The summed E-state index contributed by atoms with van der Waals surface area (Å²) in [7, 11) is 0. The number of nitrogens with zero attached hydrogens (tertiary/aromatic N) is 1. The van der Waals surface area contributed by atoms with Gasteiger partial charge in [-0.2, -0.15) is 0 Å². The second-order valence-electron chi connectivity index (χ2n) is 4.59. The molecule has 1 heterocycles. The molecular formula is C12H16N2O. The summed E-state index contributed by atoms with van der Waals surface area (Å²) >= 11 is 0. The standard InChI is InChI=1S/C12H16N2O/c1-8-4-5-9(13)6-10(8)11-14-12(2,3)7-15-11/h4-6H,7,13H2,1-3H3. The van der Waals surface area contributed by atoms with E-state index in [1.807, 2.05) is 25.1 Å². The highest BCUT2D eigenvalue weighted by molar-refractivity contribution is 5.97. The molecule has 1 aliphatic heterocycles. The van der Waals surface area contributed by atoms with E-state index in [1.54, 1.807) is 0 Å². The smallest absolute Gasteiger partial charge is 0.217 e. The van der Waals surface area contributed by atoms with Crippen LogP contribution in [0.15, 0.2) is 23.2 Å². The van der Waals surface area contributed by atoms with Gasteiger partial charge in [0.1, 0.15) is 6.61 Å². The van der Waals surface area contributed by atoms with Crippen molar-refractivity contribution in [1.29, 1.82) is 0 Å². The topological polar surface area (TPSA) is 47.6 Å². The summed E-state index contributed by atoms with van der Waals surface area (Å²) in [6, 6.07) is 5.79. The van der Waals surface area contributed by atoms with E-state index in [4.69, 9.17) is 10.5 Å². The second kappa shape index (κ2) is 3.26. The Labute approximate surface area is 90.0 Å². The van der Waals surface area contributed by atoms with Crippen LogP contribution in [0.4, 0.5) is 5.69 Å². The number of aryl methyl sites for hydroxylation is 1. The van der Waals surface area contributed by atoms with E-state index >= 15 is 0 Å². The number of anilines is 1. The lowest BCUT2D eigenvalue weighted by molar-refractivity contribution is 0.279. The van der Waals surface area contributed by atoms with E-state index in [1.165, 1.54) is 0 Å². The highest BCUT2D eigenvalue weighted by Crippen LogP contribution is 2.23. The van der Waals surface area contributed by atoms with E-state index in [0.29, 0.717) is 12.5 Å². The van der Waals surface area contributed by atoms with Gasteiger partial charge < -0.3 is 10.5 Å². The Hall–Kier alpha value is -1.51. The number of ether oxygens (including phenoxy) is 1. The minimum Gasteiger partial charge on any atom is -0.475 e. The monoisotopic (exact) mass is 204 g/mol. The number of rotatable bonds is 1. The SMILES string of the molecule is Cc1ccc(N)cc1C1=NC(C)(C)CO1. The summed E-state index contributed by atoms with van der Waals surface area (Å²) in [5, 5.41) is 0. The first kappa shape index (κ1) is 10.0. The lowest BCUT2D eigenvalue weighted by atomic mass is 10.1. The molecule has 0 unspecified atom stereocenters. The molecule has 3 heteroatoms. The van der Waals surface area contributed by atoms with Crippen LogP contribution in [0.5, 0.6) is 0 Å². The lowest BCUT2D eigenvalue weighted by Gasteiger charge is -2.07. The van der Waals surface area contributed by atoms with Crippen molar-refractivity contribution in [3.63, 3.8) is 0 Å². The Morgan fingerprint density at radius 2 is 2.13 bits per heavy atom. The van der Waals surface area contributed by atoms with E-state index < -0.39 is 0 Å². The van der Waals surface area contributed by atoms with E-state index in [9.17, 15) is 0 Å². The van der Waals surface area contributed by atoms with Crippen molar-refractivity contribution in [3.8, 4) is 0 Å². The normalized spacial score (nSPS) is 18.5. The van der Waals surface area contributed by atoms with Crippen LogP contribution in [0.2, 0.25) is 0 Å². The van der Waals surface area contributed by atoms with Gasteiger partial charge in [-0.25, -0.2) is 4.99 Å². The summed E-state index contributed by atoms with van der Waals surface area (Å²) < 4.78 is 5.58. The van der Waals surface area contributed by atoms with Crippen molar-refractivity contribution >= 4 is 11.6 Å². The molecule has 0 aliphatic carbocycles. The van der Waals surface area contributed by atoms with Gasteiger partial charge in [0.2, 0.25) is 5.90 Å². The summed E-state index contributed by atoms with van der Waals surface area (Å²) in [6.07, 6.45) is 0. The zero-order valence-corrected chi connectivity index (χ0v) is 9.37. The third kappa shape index (κ3) is 1.96. The maximum atomic E-state index is 5.75. The zero-order chi connectivity index (χ0) is 11.1. The molecule has 0 saturated carbocycles. The maximum absolute atomic E-state index is 5.75. The van der Waals surface area contributed by atoms with Crippen molar-refractivity contribution in [2.24, 2.45) is 4.99 Å². The highest BCUT2D eigenvalue weighted by atomic mass is 16.5. The Morgan fingerprint density at radius 3 is 2.73 bits per heavy atom. The summed E-state index contributed by atoms with van der Waals surface area (Å²) in [5.74, 6) is 0.713. The maximum Gasteiger partial charge on any atom is 0.217 e. The van der Waals surface area contributed by atoms with Crippen LogP contribution >= 0.6 is 0 Å². The fraction of sp³-hybridized carbons (Fsp3) is 0.417. The van der Waals surface area contributed by atoms with Gasteiger partial charge in [-0.3, -0.25) is 0 Å². The first-order valence-corrected chi connectivity index (χ1v) is 5.07. The molecule has 0 radical (unpaired) electrons. The fourth-order valence-electron chi connectivity index (χ4n) is 1.59. The van der Waals surface area contributed by atoms with Crippen LogP contribution in [0.1, 0.15) is 25.0 Å². The van der Waals surface area contributed by atoms with Crippen molar-refractivity contribution in [2.75, 3.05) is 12.3 Å². The molecule has 0 amide bonds. The molecule has 0 aromatic heterocycles. The van der Waals surface area contributed by atoms with Crippen LogP contribution in [-0.2, 0) is 4.74 Å². The molecule has 1 aromatic carbocycles. The minimum atomic E-state index is -0.119. The van der Waals surface area contributed by atoms with Gasteiger partial charge in [-0.15, -0.1) is 0 Å². The van der Waals surface area contributed by atoms with E-state index in [2.05, 4.69) is 18.8 Å². The van der Waals surface area contributed by atoms with Crippen molar-refractivity contribution in [3.05, 3.63) is 29.3 Å². The predicted molar refractivity (Wildman–Crippen MR) is 62.2 cm³/mol. The third-order valence-electron chi connectivity index (χ3n) is 2.46. The summed E-state index contributed by atoms with van der Waals surface area (Å²) in [4.78, 5) is 4.53. The molecule has 80 valence electrons. The molecule has 0 fully saturated rings. The number of benzene rings is 1. The van der Waals surface area contributed by atoms with E-state index in [0.717, 1.165) is 16.8 Å². The number of nitrogens with two attached hydrogens (primary N) is 1. The molecule has 15 heavy (non-hydrogen) atoms. The van der Waals surface area contributed by atoms with Crippen LogP contribution in [0, 0.1) is 6.92 Å². The average molecular weight is 204 g/mol. The Balaban J connectivity index is 2.43. The molecule has 0 bridgehead atoms. The first-order valence-electron chi connectivity index (χ1n) is 5.07. The van der Waals surface area contributed by atoms with Gasteiger partial charge in [0.15, 0.2) is 0 Å². The Bertz CT molecular complexity index is 422. The molecule has 0 atom stereocenters. The number of aliphatic imine (C=N–C) groups is 1. The number of hydrogen-bond acceptors (Lipinski definition) is 3. The minimum absolute atomic E-state index is 0.119. The van der Waals surface area contributed by atoms with Crippen LogP contribution in [0.3, 0.4) is 0 Å². The first-order chi connectivity index (χ1) is 6.98. The summed E-state index contributed by atoms with van der Waals surface area (Å²) in [6.45, 7) is 6.78. The molecule has 0 saturated heterocycles. The van der Waals surface area contributed by atoms with Gasteiger partial charge in [0.25, 0.3) is 0 Å². The molecule has 3 nitrogen and oxygen atoms in total. The Kier molecular flexibility index (Phi) is 2.18. The van der Waals surface area contributed by atoms with Crippen molar-refractivity contribution in [2.45, 2.75) is 26.3 Å². The highest BCUT2D eigenvalue weighted by Gasteiger charge is 2.27. The number of nitrogen functional groups attached to an aromatic ring is 1. The number of hydrogen-bond donors (Lipinski definition) is 1. The molecule has 1 aromatic rings.